The largest absolute Gasteiger partial charge is 0.508 e. The molecule has 0 fully saturated rings. The second-order valence-electron chi connectivity index (χ2n) is 18.3. The van der Waals surface area contributed by atoms with Gasteiger partial charge in [0.25, 0.3) is 0 Å². The molecule has 0 heterocycles. The highest BCUT2D eigenvalue weighted by atomic mass is 16.4. The predicted molar refractivity (Wildman–Crippen MR) is 260 cm³/mol. The van der Waals surface area contributed by atoms with E-state index in [2.05, 4.69) is 42.5 Å². The average Bonchev–Trinajstić information content (AvgIpc) is 3.31. The van der Waals surface area contributed by atoms with Gasteiger partial charge in [0, 0.05) is 19.3 Å². The first-order valence-electron chi connectivity index (χ1n) is 23.9. The summed E-state index contributed by atoms with van der Waals surface area (Å²) in [5.74, 6) is -14.1. The monoisotopic (exact) mass is 1050 g/mol. The van der Waals surface area contributed by atoms with Gasteiger partial charge < -0.3 is 85.3 Å². The standard InChI is InChI=1S/C46H73N11O17/c1-23(2)17-27(48)39(66)52-28(7-5-6-16-47)41(68)56-32(19-25-8-10-26(59)11-9-25)44(71)57-34(22-58)40(67)50-21-36(61)51-33(20-38(64)65)45(72)53-29(12-14-35(49)60)42(69)55-31(18-24(3)4)43(70)54-30(46(73)74)13-15-37(62)63/h8-11,23-24,27-34,58-59H,5-7,12-22,47-48H2,1-4H3,(H2,49,60)(H,50,67)(H,51,61)(H,52,66)(H,53,72)(H,54,70)(H,55,69)(H,56,68)(H,57,71)(H,62,63)(H,64,65)(H,73,74)/t27-,28-,29-,30-,31-,32-,33-,34-/m0/s1. The summed E-state index contributed by atoms with van der Waals surface area (Å²) in [6.07, 6.45) is -2.30. The topological polar surface area (TPSA) is 480 Å². The number of carboxylic acid groups (broad SMARTS) is 3. The Bertz CT molecular complexity index is 2110. The van der Waals surface area contributed by atoms with E-state index in [1.54, 1.807) is 13.8 Å². The second-order valence-corrected chi connectivity index (χ2v) is 18.3. The highest BCUT2D eigenvalue weighted by molar-refractivity contribution is 5.98. The van der Waals surface area contributed by atoms with Crippen molar-refractivity contribution < 1.29 is 83.1 Å². The minimum Gasteiger partial charge on any atom is -0.508 e. The number of aromatic hydroxyl groups is 1. The van der Waals surface area contributed by atoms with Crippen LogP contribution in [0.4, 0.5) is 0 Å². The number of phenols is 1. The highest BCUT2D eigenvalue weighted by Gasteiger charge is 2.34. The zero-order valence-corrected chi connectivity index (χ0v) is 41.8. The fourth-order valence-electron chi connectivity index (χ4n) is 6.99. The molecule has 1 aromatic carbocycles. The number of carbonyl (C=O) groups is 12. The van der Waals surface area contributed by atoms with Crippen LogP contribution in [0.25, 0.3) is 0 Å². The van der Waals surface area contributed by atoms with Crippen LogP contribution < -0.4 is 59.7 Å². The van der Waals surface area contributed by atoms with Crippen molar-refractivity contribution >= 4 is 71.1 Å². The molecule has 8 atom stereocenters. The van der Waals surface area contributed by atoms with Crippen LogP contribution in [0.5, 0.6) is 5.75 Å². The van der Waals surface area contributed by atoms with Gasteiger partial charge in [-0.3, -0.25) is 52.7 Å². The quantitative estimate of drug-likeness (QED) is 0.0283. The van der Waals surface area contributed by atoms with Crippen LogP contribution in [0.2, 0.25) is 0 Å². The Kier molecular flexibility index (Phi) is 29.1. The van der Waals surface area contributed by atoms with Gasteiger partial charge in [-0.2, -0.15) is 0 Å². The summed E-state index contributed by atoms with van der Waals surface area (Å²) in [6, 6.07) is -6.67. The van der Waals surface area contributed by atoms with Crippen LogP contribution in [0.1, 0.15) is 97.5 Å². The van der Waals surface area contributed by atoms with E-state index in [9.17, 15) is 78.0 Å². The lowest BCUT2D eigenvalue weighted by Gasteiger charge is -2.26. The number of aliphatic hydroxyl groups is 1. The summed E-state index contributed by atoms with van der Waals surface area (Å²) in [6.45, 7) is 5.25. The van der Waals surface area contributed by atoms with Crippen molar-refractivity contribution in [3.8, 4) is 5.75 Å². The molecule has 0 aliphatic carbocycles. The number of nitrogens with one attached hydrogen (secondary N) is 8. The Morgan fingerprint density at radius 3 is 1.55 bits per heavy atom. The molecule has 0 aliphatic heterocycles. The third-order valence-corrected chi connectivity index (χ3v) is 10.8. The van der Waals surface area contributed by atoms with Crippen molar-refractivity contribution in [2.24, 2.45) is 29.0 Å². The Hall–Kier alpha value is -7.46. The van der Waals surface area contributed by atoms with Crippen molar-refractivity contribution in [3.63, 3.8) is 0 Å². The number of hydrogen-bond donors (Lipinski definition) is 16. The van der Waals surface area contributed by atoms with Gasteiger partial charge in [-0.15, -0.1) is 0 Å². The fourth-order valence-corrected chi connectivity index (χ4v) is 6.99. The number of phenolic OH excluding ortho intramolecular Hbond substituents is 1. The van der Waals surface area contributed by atoms with E-state index in [0.717, 1.165) is 0 Å². The molecule has 0 radical (unpaired) electrons. The summed E-state index contributed by atoms with van der Waals surface area (Å²) in [5, 5.41) is 66.5. The number of rotatable bonds is 36. The molecule has 1 rings (SSSR count). The van der Waals surface area contributed by atoms with Gasteiger partial charge in [0.15, 0.2) is 0 Å². The van der Waals surface area contributed by atoms with Gasteiger partial charge in [0.1, 0.15) is 48.0 Å². The Morgan fingerprint density at radius 2 is 1.03 bits per heavy atom. The fraction of sp³-hybridized carbons (Fsp3) is 0.609. The average molecular weight is 1050 g/mol. The zero-order chi connectivity index (χ0) is 56.2. The third-order valence-electron chi connectivity index (χ3n) is 10.8. The smallest absolute Gasteiger partial charge is 0.326 e. The maximum Gasteiger partial charge on any atom is 0.326 e. The number of carbonyl (C=O) groups excluding carboxylic acids is 9. The zero-order valence-electron chi connectivity index (χ0n) is 41.8. The third kappa shape index (κ3) is 25.8. The molecule has 28 heteroatoms. The highest BCUT2D eigenvalue weighted by Crippen LogP contribution is 2.14. The van der Waals surface area contributed by atoms with Gasteiger partial charge in [-0.1, -0.05) is 39.8 Å². The summed E-state index contributed by atoms with van der Waals surface area (Å²) in [5.41, 5.74) is 17.4. The number of aliphatic carboxylic acids is 3. The molecule has 1 aromatic rings. The van der Waals surface area contributed by atoms with Crippen molar-refractivity contribution in [1.29, 1.82) is 0 Å². The number of unbranched alkanes of at least 4 members (excludes halogenated alkanes) is 1. The van der Waals surface area contributed by atoms with Gasteiger partial charge >= 0.3 is 17.9 Å². The van der Waals surface area contributed by atoms with Gasteiger partial charge in [-0.05, 0) is 81.0 Å². The van der Waals surface area contributed by atoms with Gasteiger partial charge in [0.05, 0.1) is 25.6 Å². The van der Waals surface area contributed by atoms with Gasteiger partial charge in [-0.25, -0.2) is 4.79 Å². The molecular weight excluding hydrogens is 979 g/mol. The maximum absolute atomic E-state index is 13.8. The van der Waals surface area contributed by atoms with Crippen molar-refractivity contribution in [3.05, 3.63) is 29.8 Å². The molecule has 9 amide bonds. The minimum absolute atomic E-state index is 0.0531. The number of amides is 9. The molecule has 0 saturated heterocycles. The molecule has 414 valence electrons. The number of hydrogen-bond acceptors (Lipinski definition) is 16. The summed E-state index contributed by atoms with van der Waals surface area (Å²) in [7, 11) is 0. The first-order chi connectivity index (χ1) is 34.7. The summed E-state index contributed by atoms with van der Waals surface area (Å²) < 4.78 is 0. The summed E-state index contributed by atoms with van der Waals surface area (Å²) >= 11 is 0. The molecule has 0 unspecified atom stereocenters. The summed E-state index contributed by atoms with van der Waals surface area (Å²) in [4.78, 5) is 154. The SMILES string of the molecule is CC(C)C[C@H](NC(=O)[C@H](CCC(N)=O)NC(=O)[C@H](CC(=O)O)NC(=O)CNC(=O)[C@H](CO)NC(=O)[C@H](Cc1ccc(O)cc1)NC(=O)[C@H](CCCCN)NC(=O)[C@@H](N)CC(C)C)C(=O)N[C@@H](CCC(=O)O)C(=O)O. The Morgan fingerprint density at radius 1 is 0.541 bits per heavy atom. The maximum atomic E-state index is 13.8. The Balaban J connectivity index is 3.28. The van der Waals surface area contributed by atoms with E-state index in [0.29, 0.717) is 24.8 Å². The lowest BCUT2D eigenvalue weighted by Crippen LogP contribution is -2.59. The van der Waals surface area contributed by atoms with Crippen molar-refractivity contribution in [2.45, 2.75) is 147 Å². The number of nitrogens with two attached hydrogens (primary N) is 3. The Labute approximate surface area is 426 Å². The predicted octanol–water partition coefficient (Wildman–Crippen LogP) is -4.33. The molecule has 0 aromatic heterocycles. The van der Waals surface area contributed by atoms with E-state index in [1.807, 2.05) is 13.8 Å². The van der Waals surface area contributed by atoms with Crippen LogP contribution in [0, 0.1) is 11.8 Å². The van der Waals surface area contributed by atoms with Crippen LogP contribution in [0.15, 0.2) is 24.3 Å². The number of benzene rings is 1. The molecule has 0 saturated carbocycles. The number of aliphatic hydroxyl groups excluding tert-OH is 1. The van der Waals surface area contributed by atoms with Crippen LogP contribution in [-0.4, -0.2) is 165 Å². The first kappa shape index (κ1) is 64.6. The lowest BCUT2D eigenvalue weighted by molar-refractivity contribution is -0.143. The molecule has 74 heavy (non-hydrogen) atoms. The van der Waals surface area contributed by atoms with Crippen LogP contribution in [-0.2, 0) is 64.0 Å². The van der Waals surface area contributed by atoms with Crippen LogP contribution >= 0.6 is 0 Å². The van der Waals surface area contributed by atoms with E-state index < -0.39 is 165 Å². The first-order valence-corrected chi connectivity index (χ1v) is 23.9. The molecule has 0 spiro atoms. The molecule has 0 bridgehead atoms. The van der Waals surface area contributed by atoms with Crippen molar-refractivity contribution in [1.82, 2.24) is 42.5 Å². The van der Waals surface area contributed by atoms with E-state index in [-0.39, 0.29) is 43.4 Å². The lowest BCUT2D eigenvalue weighted by atomic mass is 10.0. The van der Waals surface area contributed by atoms with E-state index in [4.69, 9.17) is 22.3 Å². The number of carboxylic acids is 3. The molecule has 28 nitrogen and oxygen atoms in total. The van der Waals surface area contributed by atoms with Crippen molar-refractivity contribution in [2.75, 3.05) is 19.7 Å². The van der Waals surface area contributed by atoms with Gasteiger partial charge in [0.2, 0.25) is 53.2 Å². The molecule has 19 N–H and O–H groups in total. The molecular formula is C46H73N11O17. The molecule has 0 aliphatic rings. The van der Waals surface area contributed by atoms with E-state index in [1.165, 1.54) is 24.3 Å². The number of primary amides is 1. The van der Waals surface area contributed by atoms with E-state index >= 15 is 0 Å². The second kappa shape index (κ2) is 33.3. The minimum atomic E-state index is -1.96. The van der Waals surface area contributed by atoms with Crippen LogP contribution in [0.3, 0.4) is 0 Å². The normalized spacial score (nSPS) is 14.3.